The Hall–Kier alpha value is -2.29. The zero-order valence-electron chi connectivity index (χ0n) is 12.1. The number of ether oxygens (including phenoxy) is 1. The first-order valence-electron chi connectivity index (χ1n) is 7.25. The summed E-state index contributed by atoms with van der Waals surface area (Å²) in [7, 11) is 1.71. The number of fused-ring (bicyclic) bond motifs is 1. The molecule has 0 aromatic heterocycles. The fourth-order valence-corrected chi connectivity index (χ4v) is 3.17. The maximum atomic E-state index is 9.16. The van der Waals surface area contributed by atoms with Crippen molar-refractivity contribution >= 4 is 5.71 Å². The van der Waals surface area contributed by atoms with Crippen LogP contribution in [0.25, 0.3) is 0 Å². The summed E-state index contributed by atoms with van der Waals surface area (Å²) in [5.74, 6) is 1.37. The first kappa shape index (κ1) is 13.7. The van der Waals surface area contributed by atoms with Crippen LogP contribution in [0.3, 0.4) is 0 Å². The normalized spacial score (nSPS) is 19.3. The smallest absolute Gasteiger partial charge is 0.122 e. The van der Waals surface area contributed by atoms with Gasteiger partial charge < -0.3 is 9.94 Å². The average molecular weight is 281 g/mol. The monoisotopic (exact) mass is 281 g/mol. The van der Waals surface area contributed by atoms with Gasteiger partial charge >= 0.3 is 0 Å². The maximum absolute atomic E-state index is 9.16. The van der Waals surface area contributed by atoms with Gasteiger partial charge in [0, 0.05) is 5.56 Å². The Morgan fingerprint density at radius 1 is 1.14 bits per heavy atom. The summed E-state index contributed by atoms with van der Waals surface area (Å²) < 4.78 is 5.45. The Kier molecular flexibility index (Phi) is 3.91. The van der Waals surface area contributed by atoms with E-state index < -0.39 is 0 Å². The number of para-hydroxylation sites is 1. The summed E-state index contributed by atoms with van der Waals surface area (Å²) in [6.45, 7) is 0. The molecule has 21 heavy (non-hydrogen) atoms. The van der Waals surface area contributed by atoms with Gasteiger partial charge in [-0.05, 0) is 42.4 Å². The molecule has 2 aromatic carbocycles. The van der Waals surface area contributed by atoms with Gasteiger partial charge in [0.2, 0.25) is 0 Å². The SMILES string of the molecule is COc1ccccc1CC1CC/C(=N\O)c2ccccc21. The number of methoxy groups -OCH3 is 1. The number of rotatable bonds is 3. The third-order valence-electron chi connectivity index (χ3n) is 4.22. The molecule has 1 unspecified atom stereocenters. The highest BCUT2D eigenvalue weighted by Gasteiger charge is 2.25. The molecule has 0 saturated heterocycles. The third-order valence-corrected chi connectivity index (χ3v) is 4.22. The predicted octanol–water partition coefficient (Wildman–Crippen LogP) is 3.99. The van der Waals surface area contributed by atoms with Crippen LogP contribution in [0, 0.1) is 0 Å². The van der Waals surface area contributed by atoms with Crippen LogP contribution < -0.4 is 4.74 Å². The lowest BCUT2D eigenvalue weighted by Gasteiger charge is -2.26. The molecule has 0 bridgehead atoms. The maximum Gasteiger partial charge on any atom is 0.122 e. The molecule has 3 heteroatoms. The molecule has 0 heterocycles. The fraction of sp³-hybridized carbons (Fsp3) is 0.278. The molecule has 3 rings (SSSR count). The predicted molar refractivity (Wildman–Crippen MR) is 83.4 cm³/mol. The molecular weight excluding hydrogens is 262 g/mol. The van der Waals surface area contributed by atoms with Gasteiger partial charge in [-0.2, -0.15) is 0 Å². The van der Waals surface area contributed by atoms with Gasteiger partial charge in [-0.25, -0.2) is 0 Å². The van der Waals surface area contributed by atoms with Gasteiger partial charge in [0.1, 0.15) is 5.75 Å². The van der Waals surface area contributed by atoms with Crippen molar-refractivity contribution in [1.29, 1.82) is 0 Å². The average Bonchev–Trinajstić information content (AvgIpc) is 2.55. The van der Waals surface area contributed by atoms with E-state index in [1.807, 2.05) is 36.4 Å². The van der Waals surface area contributed by atoms with Crippen molar-refractivity contribution in [1.82, 2.24) is 0 Å². The Bertz CT molecular complexity index is 664. The first-order valence-corrected chi connectivity index (χ1v) is 7.25. The zero-order chi connectivity index (χ0) is 14.7. The summed E-state index contributed by atoms with van der Waals surface area (Å²) in [5.41, 5.74) is 4.36. The van der Waals surface area contributed by atoms with Crippen LogP contribution in [-0.2, 0) is 6.42 Å². The summed E-state index contributed by atoms with van der Waals surface area (Å²) in [5, 5.41) is 12.6. The van der Waals surface area contributed by atoms with Gasteiger partial charge in [-0.15, -0.1) is 0 Å². The summed E-state index contributed by atoms with van der Waals surface area (Å²) in [6, 6.07) is 16.4. The quantitative estimate of drug-likeness (QED) is 0.682. The zero-order valence-corrected chi connectivity index (χ0v) is 12.1. The molecule has 1 atom stereocenters. The lowest BCUT2D eigenvalue weighted by atomic mass is 9.78. The van der Waals surface area contributed by atoms with Crippen LogP contribution in [0.5, 0.6) is 5.75 Å². The van der Waals surface area contributed by atoms with E-state index in [-0.39, 0.29) is 0 Å². The number of benzene rings is 2. The Balaban J connectivity index is 1.94. The van der Waals surface area contributed by atoms with Crippen LogP contribution >= 0.6 is 0 Å². The molecule has 3 nitrogen and oxygen atoms in total. The highest BCUT2D eigenvalue weighted by Crippen LogP contribution is 2.36. The van der Waals surface area contributed by atoms with E-state index in [0.717, 1.165) is 36.3 Å². The van der Waals surface area contributed by atoms with Crippen LogP contribution in [0.4, 0.5) is 0 Å². The number of oxime groups is 1. The molecule has 0 fully saturated rings. The topological polar surface area (TPSA) is 41.8 Å². The Morgan fingerprint density at radius 2 is 1.90 bits per heavy atom. The highest BCUT2D eigenvalue weighted by molar-refractivity contribution is 6.02. The molecule has 0 spiro atoms. The molecule has 0 amide bonds. The largest absolute Gasteiger partial charge is 0.496 e. The van der Waals surface area contributed by atoms with Crippen LogP contribution in [0.1, 0.15) is 35.4 Å². The summed E-state index contributed by atoms with van der Waals surface area (Å²) >= 11 is 0. The van der Waals surface area contributed by atoms with E-state index in [9.17, 15) is 0 Å². The minimum Gasteiger partial charge on any atom is -0.496 e. The van der Waals surface area contributed by atoms with E-state index in [2.05, 4.69) is 17.3 Å². The second kappa shape index (κ2) is 6.00. The van der Waals surface area contributed by atoms with Gasteiger partial charge in [-0.1, -0.05) is 47.6 Å². The van der Waals surface area contributed by atoms with Crippen molar-refractivity contribution in [3.8, 4) is 5.75 Å². The number of hydrogen-bond acceptors (Lipinski definition) is 3. The second-order valence-electron chi connectivity index (χ2n) is 5.39. The molecule has 2 aromatic rings. The Morgan fingerprint density at radius 3 is 2.71 bits per heavy atom. The van der Waals surface area contributed by atoms with E-state index in [1.54, 1.807) is 7.11 Å². The number of hydrogen-bond donors (Lipinski definition) is 1. The van der Waals surface area contributed by atoms with Gasteiger partial charge in [-0.3, -0.25) is 0 Å². The first-order chi connectivity index (χ1) is 10.3. The van der Waals surface area contributed by atoms with Crippen LogP contribution in [0.15, 0.2) is 53.7 Å². The lowest BCUT2D eigenvalue weighted by Crippen LogP contribution is -2.18. The molecule has 1 N–H and O–H groups in total. The van der Waals surface area contributed by atoms with Gasteiger partial charge in [0.25, 0.3) is 0 Å². The standard InChI is InChI=1S/C18H19NO2/c1-21-18-9-5-2-6-14(18)12-13-10-11-17(19-20)16-8-4-3-7-15(13)16/h2-9,13,20H,10-12H2,1H3/b19-17+. The van der Waals surface area contributed by atoms with Crippen molar-refractivity contribution in [2.24, 2.45) is 5.16 Å². The second-order valence-corrected chi connectivity index (χ2v) is 5.39. The van der Waals surface area contributed by atoms with E-state index in [0.29, 0.717) is 5.92 Å². The molecule has 108 valence electrons. The van der Waals surface area contributed by atoms with Gasteiger partial charge in [0.15, 0.2) is 0 Å². The molecular formula is C18H19NO2. The minimum atomic E-state index is 0.433. The molecule has 0 saturated carbocycles. The van der Waals surface area contributed by atoms with Crippen molar-refractivity contribution in [2.45, 2.75) is 25.2 Å². The van der Waals surface area contributed by atoms with E-state index in [1.165, 1.54) is 11.1 Å². The third kappa shape index (κ3) is 2.64. The Labute approximate surface area is 124 Å². The molecule has 1 aliphatic rings. The van der Waals surface area contributed by atoms with E-state index >= 15 is 0 Å². The van der Waals surface area contributed by atoms with Crippen LogP contribution in [-0.4, -0.2) is 18.0 Å². The van der Waals surface area contributed by atoms with Crippen LogP contribution in [0.2, 0.25) is 0 Å². The van der Waals surface area contributed by atoms with Crippen molar-refractivity contribution in [2.75, 3.05) is 7.11 Å². The molecule has 0 radical (unpaired) electrons. The van der Waals surface area contributed by atoms with Crippen molar-refractivity contribution in [3.63, 3.8) is 0 Å². The summed E-state index contributed by atoms with van der Waals surface area (Å²) in [4.78, 5) is 0. The van der Waals surface area contributed by atoms with Crippen molar-refractivity contribution in [3.05, 3.63) is 65.2 Å². The van der Waals surface area contributed by atoms with Crippen molar-refractivity contribution < 1.29 is 9.94 Å². The highest BCUT2D eigenvalue weighted by atomic mass is 16.5. The summed E-state index contributed by atoms with van der Waals surface area (Å²) in [6.07, 6.45) is 2.75. The minimum absolute atomic E-state index is 0.433. The van der Waals surface area contributed by atoms with E-state index in [4.69, 9.17) is 9.94 Å². The molecule has 0 aliphatic heterocycles. The number of nitrogens with zero attached hydrogens (tertiary/aromatic N) is 1. The fourth-order valence-electron chi connectivity index (χ4n) is 3.17. The van der Waals surface area contributed by atoms with Gasteiger partial charge in [0.05, 0.1) is 12.8 Å². The lowest BCUT2D eigenvalue weighted by molar-refractivity contribution is 0.317. The molecule has 1 aliphatic carbocycles.